The van der Waals surface area contributed by atoms with Crippen molar-refractivity contribution in [3.63, 3.8) is 0 Å². The van der Waals surface area contributed by atoms with Gasteiger partial charge in [0.15, 0.2) is 0 Å². The summed E-state index contributed by atoms with van der Waals surface area (Å²) in [4.78, 5) is 16.2. The lowest BCUT2D eigenvalue weighted by Crippen LogP contribution is -2.29. The third-order valence-corrected chi connectivity index (χ3v) is 5.59. The Morgan fingerprint density at radius 2 is 2.19 bits per heavy atom. The molecule has 1 aliphatic carbocycles. The minimum Gasteiger partial charge on any atom is -0.258 e. The van der Waals surface area contributed by atoms with Crippen LogP contribution in [0.5, 0.6) is 0 Å². The predicted molar refractivity (Wildman–Crippen MR) is 110 cm³/mol. The molecule has 144 valence electrons. The van der Waals surface area contributed by atoms with Crippen LogP contribution in [0.2, 0.25) is 0 Å². The van der Waals surface area contributed by atoms with Gasteiger partial charge < -0.3 is 0 Å². The fourth-order valence-electron chi connectivity index (χ4n) is 3.95. The Labute approximate surface area is 163 Å². The number of non-ortho nitro benzene ring substituents is 1. The summed E-state index contributed by atoms with van der Waals surface area (Å²) in [6.07, 6.45) is 3.14. The van der Waals surface area contributed by atoms with Gasteiger partial charge in [0, 0.05) is 35.3 Å². The van der Waals surface area contributed by atoms with E-state index in [1.54, 1.807) is 12.1 Å². The van der Waals surface area contributed by atoms with Crippen LogP contribution < -0.4 is 4.80 Å². The van der Waals surface area contributed by atoms with Gasteiger partial charge in [0.1, 0.15) is 0 Å². The molecule has 0 amide bonds. The van der Waals surface area contributed by atoms with Gasteiger partial charge in [0.2, 0.25) is 4.80 Å². The first kappa shape index (κ1) is 19.5. The lowest BCUT2D eigenvalue weighted by molar-refractivity contribution is -0.384. The lowest BCUT2D eigenvalue weighted by Gasteiger charge is -2.34. The molecule has 0 saturated heterocycles. The maximum Gasteiger partial charge on any atom is 0.270 e. The molecule has 27 heavy (non-hydrogen) atoms. The topological polar surface area (TPSA) is 72.8 Å². The van der Waals surface area contributed by atoms with E-state index in [9.17, 15) is 10.1 Å². The third kappa shape index (κ3) is 4.53. The lowest BCUT2D eigenvalue weighted by atomic mass is 9.72. The van der Waals surface area contributed by atoms with E-state index in [0.717, 1.165) is 28.9 Å². The molecular formula is C20H26N4O2S. The molecule has 1 atom stereocenters. The number of hydrogen-bond acceptors (Lipinski definition) is 5. The first-order valence-corrected chi connectivity index (χ1v) is 10.2. The van der Waals surface area contributed by atoms with Crippen LogP contribution in [0.25, 0.3) is 11.3 Å². The van der Waals surface area contributed by atoms with Crippen LogP contribution in [0.15, 0.2) is 39.7 Å². The number of thiazole rings is 1. The zero-order chi connectivity index (χ0) is 19.6. The van der Waals surface area contributed by atoms with Crippen molar-refractivity contribution in [1.29, 1.82) is 0 Å². The van der Waals surface area contributed by atoms with E-state index in [1.165, 1.54) is 29.5 Å². The van der Waals surface area contributed by atoms with Gasteiger partial charge in [0.25, 0.3) is 5.69 Å². The Bertz CT molecular complexity index is 939. The van der Waals surface area contributed by atoms with Gasteiger partial charge in [-0.1, -0.05) is 32.9 Å². The Balaban J connectivity index is 2.11. The summed E-state index contributed by atoms with van der Waals surface area (Å²) >= 11 is 1.52. The number of benzene rings is 1. The molecule has 6 nitrogen and oxygen atoms in total. The summed E-state index contributed by atoms with van der Waals surface area (Å²) in [6, 6.07) is 6.70. The van der Waals surface area contributed by atoms with Gasteiger partial charge in [-0.05, 0) is 37.5 Å². The highest BCUT2D eigenvalue weighted by atomic mass is 32.1. The zero-order valence-corrected chi connectivity index (χ0v) is 17.1. The van der Waals surface area contributed by atoms with Crippen molar-refractivity contribution in [3.05, 3.63) is 44.6 Å². The van der Waals surface area contributed by atoms with E-state index in [0.29, 0.717) is 12.5 Å². The van der Waals surface area contributed by atoms with Crippen LogP contribution in [0, 0.1) is 21.4 Å². The molecule has 1 heterocycles. The fraction of sp³-hybridized carbons (Fsp3) is 0.500. The summed E-state index contributed by atoms with van der Waals surface area (Å²) in [6.45, 7) is 9.51. The Morgan fingerprint density at radius 3 is 2.85 bits per heavy atom. The summed E-state index contributed by atoms with van der Waals surface area (Å²) in [5, 5.41) is 18.1. The van der Waals surface area contributed by atoms with E-state index in [2.05, 4.69) is 25.8 Å². The number of aromatic nitrogens is 1. The van der Waals surface area contributed by atoms with E-state index in [-0.39, 0.29) is 16.0 Å². The second-order valence-corrected chi connectivity index (χ2v) is 8.85. The van der Waals surface area contributed by atoms with Gasteiger partial charge in [0.05, 0.1) is 10.6 Å². The highest BCUT2D eigenvalue weighted by Gasteiger charge is 2.30. The van der Waals surface area contributed by atoms with Crippen LogP contribution in [0.1, 0.15) is 47.0 Å². The van der Waals surface area contributed by atoms with Crippen molar-refractivity contribution in [2.24, 2.45) is 21.4 Å². The SMILES string of the molecule is CCN=c1scc(-c2cccc([N+](=O)[O-])c2)n1/N=C1/CC(C)CC(C)(C)C1. The molecule has 1 saturated carbocycles. The van der Waals surface area contributed by atoms with Crippen molar-refractivity contribution in [3.8, 4) is 11.3 Å². The number of rotatable bonds is 4. The van der Waals surface area contributed by atoms with Gasteiger partial charge in [-0.15, -0.1) is 11.3 Å². The largest absolute Gasteiger partial charge is 0.270 e. The molecule has 1 aromatic heterocycles. The number of hydrogen-bond donors (Lipinski definition) is 0. The minimum atomic E-state index is -0.366. The van der Waals surface area contributed by atoms with E-state index in [1.807, 2.05) is 23.0 Å². The Morgan fingerprint density at radius 1 is 1.41 bits per heavy atom. The van der Waals surface area contributed by atoms with Crippen molar-refractivity contribution in [1.82, 2.24) is 4.68 Å². The highest BCUT2D eigenvalue weighted by Crippen LogP contribution is 2.37. The van der Waals surface area contributed by atoms with Crippen LogP contribution in [0.3, 0.4) is 0 Å². The van der Waals surface area contributed by atoms with Crippen LogP contribution >= 0.6 is 11.3 Å². The zero-order valence-electron chi connectivity index (χ0n) is 16.3. The molecule has 0 spiro atoms. The average Bonchev–Trinajstić information content (AvgIpc) is 2.96. The molecule has 0 bridgehead atoms. The molecule has 7 heteroatoms. The molecule has 1 unspecified atom stereocenters. The van der Waals surface area contributed by atoms with E-state index < -0.39 is 0 Å². The maximum absolute atomic E-state index is 11.2. The van der Waals surface area contributed by atoms with Crippen molar-refractivity contribution < 1.29 is 4.92 Å². The van der Waals surface area contributed by atoms with Gasteiger partial charge in [-0.25, -0.2) is 4.68 Å². The van der Waals surface area contributed by atoms with E-state index in [4.69, 9.17) is 5.10 Å². The molecule has 2 aromatic rings. The number of nitrogens with zero attached hydrogens (tertiary/aromatic N) is 4. The Hall–Kier alpha value is -2.28. The summed E-state index contributed by atoms with van der Waals surface area (Å²) < 4.78 is 1.87. The predicted octanol–water partition coefficient (Wildman–Crippen LogP) is 5.10. The monoisotopic (exact) mass is 386 g/mol. The van der Waals surface area contributed by atoms with Crippen molar-refractivity contribution in [2.45, 2.75) is 47.0 Å². The van der Waals surface area contributed by atoms with Crippen LogP contribution in [-0.2, 0) is 0 Å². The van der Waals surface area contributed by atoms with Crippen molar-refractivity contribution >= 4 is 22.7 Å². The maximum atomic E-state index is 11.2. The smallest absolute Gasteiger partial charge is 0.258 e. The second-order valence-electron chi connectivity index (χ2n) is 8.02. The first-order chi connectivity index (χ1) is 12.8. The third-order valence-electron chi connectivity index (χ3n) is 4.74. The van der Waals surface area contributed by atoms with Gasteiger partial charge >= 0.3 is 0 Å². The molecule has 1 aliphatic rings. The highest BCUT2D eigenvalue weighted by molar-refractivity contribution is 7.07. The quantitative estimate of drug-likeness (QED) is 0.542. The Kier molecular flexibility index (Phi) is 5.60. The number of nitro benzene ring substituents is 1. The summed E-state index contributed by atoms with van der Waals surface area (Å²) in [5.74, 6) is 0.597. The standard InChI is InChI=1S/C20H26N4O2S/c1-5-21-19-23(22-16-9-14(2)11-20(3,4)12-16)18(13-27-19)15-7-6-8-17(10-15)24(25)26/h6-8,10,13-14H,5,9,11-12H2,1-4H3/b21-19?,22-16-. The summed E-state index contributed by atoms with van der Waals surface area (Å²) in [5.41, 5.74) is 3.12. The molecule has 0 aliphatic heterocycles. The fourth-order valence-corrected chi connectivity index (χ4v) is 4.84. The van der Waals surface area contributed by atoms with Gasteiger partial charge in [-0.3, -0.25) is 15.1 Å². The molecular weight excluding hydrogens is 360 g/mol. The average molecular weight is 387 g/mol. The number of nitro groups is 1. The molecule has 1 aromatic carbocycles. The first-order valence-electron chi connectivity index (χ1n) is 9.31. The normalized spacial score (nSPS) is 21.6. The molecule has 1 fully saturated rings. The molecule has 0 radical (unpaired) electrons. The van der Waals surface area contributed by atoms with E-state index >= 15 is 0 Å². The second kappa shape index (κ2) is 7.76. The molecule has 0 N–H and O–H groups in total. The van der Waals surface area contributed by atoms with Crippen LogP contribution in [0.4, 0.5) is 5.69 Å². The van der Waals surface area contributed by atoms with Gasteiger partial charge in [-0.2, -0.15) is 5.10 Å². The van der Waals surface area contributed by atoms with Crippen LogP contribution in [-0.4, -0.2) is 21.9 Å². The summed E-state index contributed by atoms with van der Waals surface area (Å²) in [7, 11) is 0. The molecule has 3 rings (SSSR count). The minimum absolute atomic E-state index is 0.0827. The van der Waals surface area contributed by atoms with Crippen molar-refractivity contribution in [2.75, 3.05) is 6.54 Å².